The van der Waals surface area contributed by atoms with Gasteiger partial charge in [0.1, 0.15) is 18.1 Å². The minimum Gasteiger partial charge on any atom is -0.460 e. The largest absolute Gasteiger partial charge is 0.460 e. The number of aliphatic hydroxyl groups excluding tert-OH is 2. The van der Waals surface area contributed by atoms with Crippen molar-refractivity contribution >= 4 is 23.6 Å². The van der Waals surface area contributed by atoms with Gasteiger partial charge in [0.25, 0.3) is 0 Å². The lowest BCUT2D eigenvalue weighted by atomic mass is 9.56. The summed E-state index contributed by atoms with van der Waals surface area (Å²) in [5, 5.41) is 27.1. The second kappa shape index (κ2) is 27.3. The lowest BCUT2D eigenvalue weighted by Crippen LogP contribution is -2.64. The van der Waals surface area contributed by atoms with Crippen molar-refractivity contribution < 1.29 is 34.1 Å². The third-order valence-corrected chi connectivity index (χ3v) is 13.7. The normalized spacial score (nSPS) is 24.1. The fraction of sp³-hybridized carbons (Fsp3) is 0.750. The van der Waals surface area contributed by atoms with Gasteiger partial charge in [-0.2, -0.15) is 11.8 Å². The standard InChI is InChI=1S/C48H78N2O7S/c1-5-9-10-11-12-13-14-15-16-17-18-19-20-25-33-58-44-36-42(50-55-8-4)40-34-37(26-21-23-30-51)39(27-22-24-31-52)45-41-35-38(56-47(53)49-7-3)28-29-43(41)57-48(44,46(40)45)54-32-6-2/h6,28-29,34-35,37,39,44-46,51-52H,2,5,7-27,30-33,36H2,1,3-4H3,(H,49,53). The van der Waals surface area contributed by atoms with Crippen molar-refractivity contribution in [2.75, 3.05) is 38.7 Å². The van der Waals surface area contributed by atoms with Gasteiger partial charge in [-0.15, -0.1) is 6.58 Å². The zero-order valence-electron chi connectivity index (χ0n) is 36.4. The molecule has 1 saturated carbocycles. The highest BCUT2D eigenvalue weighted by Crippen LogP contribution is 2.62. The van der Waals surface area contributed by atoms with E-state index in [4.69, 9.17) is 24.2 Å². The van der Waals surface area contributed by atoms with E-state index in [2.05, 4.69) is 24.9 Å². The zero-order chi connectivity index (χ0) is 41.4. The van der Waals surface area contributed by atoms with Gasteiger partial charge in [0.05, 0.1) is 23.5 Å². The fourth-order valence-electron chi connectivity index (χ4n) is 9.49. The average molecular weight is 827 g/mol. The number of oxime groups is 1. The molecule has 9 nitrogen and oxygen atoms in total. The van der Waals surface area contributed by atoms with Gasteiger partial charge in [-0.3, -0.25) is 0 Å². The molecule has 0 aromatic heterocycles. The molecule has 1 aromatic carbocycles. The molecule has 3 aliphatic rings. The van der Waals surface area contributed by atoms with Gasteiger partial charge in [0.15, 0.2) is 0 Å². The number of rotatable bonds is 31. The Bertz CT molecular complexity index is 1400. The van der Waals surface area contributed by atoms with Crippen LogP contribution in [-0.4, -0.2) is 71.8 Å². The van der Waals surface area contributed by atoms with Crippen molar-refractivity contribution in [1.82, 2.24) is 5.32 Å². The number of carbonyl (C=O) groups is 1. The molecule has 328 valence electrons. The maximum absolute atomic E-state index is 12.6. The van der Waals surface area contributed by atoms with Gasteiger partial charge < -0.3 is 34.6 Å². The maximum Gasteiger partial charge on any atom is 0.412 e. The Balaban J connectivity index is 1.60. The summed E-state index contributed by atoms with van der Waals surface area (Å²) < 4.78 is 20.1. The van der Waals surface area contributed by atoms with E-state index < -0.39 is 11.9 Å². The quantitative estimate of drug-likeness (QED) is 0.0385. The van der Waals surface area contributed by atoms with E-state index in [0.717, 1.165) is 73.3 Å². The number of allylic oxidation sites excluding steroid dienone is 1. The molecule has 0 saturated heterocycles. The molecule has 2 aliphatic carbocycles. The van der Waals surface area contributed by atoms with Crippen molar-refractivity contribution in [3.05, 3.63) is 48.1 Å². The van der Waals surface area contributed by atoms with Crippen LogP contribution in [0.25, 0.3) is 0 Å². The van der Waals surface area contributed by atoms with E-state index in [-0.39, 0.29) is 42.1 Å². The van der Waals surface area contributed by atoms with Crippen LogP contribution >= 0.6 is 11.8 Å². The maximum atomic E-state index is 12.6. The first-order valence-corrected chi connectivity index (χ1v) is 24.3. The number of hydrogen-bond donors (Lipinski definition) is 3. The Morgan fingerprint density at radius 3 is 2.19 bits per heavy atom. The monoisotopic (exact) mass is 827 g/mol. The first-order valence-electron chi connectivity index (χ1n) is 23.2. The second-order valence-electron chi connectivity index (χ2n) is 16.6. The smallest absolute Gasteiger partial charge is 0.412 e. The number of ether oxygens (including phenoxy) is 3. The number of nitrogens with zero attached hydrogens (tertiary/aromatic N) is 1. The van der Waals surface area contributed by atoms with Gasteiger partial charge in [0, 0.05) is 37.7 Å². The van der Waals surface area contributed by atoms with Crippen molar-refractivity contribution in [3.63, 3.8) is 0 Å². The van der Waals surface area contributed by atoms with E-state index in [9.17, 15) is 15.0 Å². The first-order chi connectivity index (χ1) is 28.5. The van der Waals surface area contributed by atoms with Crippen LogP contribution in [-0.2, 0) is 9.57 Å². The third-order valence-electron chi connectivity index (χ3n) is 12.3. The predicted octanol–water partition coefficient (Wildman–Crippen LogP) is 11.7. The SMILES string of the molecule is C=CCOC12Oc3ccc(OC(=O)NCC)cc3C3C(CCCCO)C(CCCCO)C=C(C(=NOCC)CC1SCCCCCCCCCCCCCCCC)C32. The molecule has 0 spiro atoms. The molecular formula is C48H78N2O7S. The average Bonchev–Trinajstić information content (AvgIpc) is 3.22. The number of fused-ring (bicyclic) bond motifs is 2. The highest BCUT2D eigenvalue weighted by Gasteiger charge is 2.64. The Kier molecular flexibility index (Phi) is 22.7. The van der Waals surface area contributed by atoms with Gasteiger partial charge >= 0.3 is 6.09 Å². The van der Waals surface area contributed by atoms with Crippen LogP contribution in [0, 0.1) is 17.8 Å². The fourth-order valence-corrected chi connectivity index (χ4v) is 10.9. The zero-order valence-corrected chi connectivity index (χ0v) is 37.2. The molecule has 1 aliphatic heterocycles. The molecule has 6 unspecified atom stereocenters. The summed E-state index contributed by atoms with van der Waals surface area (Å²) in [6, 6.07) is 5.75. The summed E-state index contributed by atoms with van der Waals surface area (Å²) in [6.45, 7) is 11.8. The summed E-state index contributed by atoms with van der Waals surface area (Å²) >= 11 is 1.94. The minimum absolute atomic E-state index is 0.0412. The van der Waals surface area contributed by atoms with Crippen LogP contribution in [0.3, 0.4) is 0 Å². The van der Waals surface area contributed by atoms with Crippen molar-refractivity contribution in [2.45, 2.75) is 173 Å². The molecule has 1 fully saturated rings. The van der Waals surface area contributed by atoms with Crippen LogP contribution in [0.5, 0.6) is 11.5 Å². The number of thioether (sulfide) groups is 1. The topological polar surface area (TPSA) is 119 Å². The Morgan fingerprint density at radius 2 is 1.57 bits per heavy atom. The molecule has 1 heterocycles. The van der Waals surface area contributed by atoms with E-state index in [1.165, 1.54) is 83.5 Å². The Hall–Kier alpha value is -2.53. The number of hydrogen-bond acceptors (Lipinski definition) is 9. The van der Waals surface area contributed by atoms with E-state index in [1.807, 2.05) is 49.9 Å². The molecule has 0 bridgehead atoms. The molecule has 1 amide bonds. The van der Waals surface area contributed by atoms with E-state index in [1.54, 1.807) is 0 Å². The third kappa shape index (κ3) is 14.0. The van der Waals surface area contributed by atoms with Crippen molar-refractivity contribution in [3.8, 4) is 11.5 Å². The number of aliphatic hydroxyl groups is 2. The Morgan fingerprint density at radius 1 is 0.914 bits per heavy atom. The van der Waals surface area contributed by atoms with Gasteiger partial charge in [-0.1, -0.05) is 121 Å². The molecule has 10 heteroatoms. The van der Waals surface area contributed by atoms with Crippen LogP contribution < -0.4 is 14.8 Å². The number of benzene rings is 1. The van der Waals surface area contributed by atoms with Gasteiger partial charge in [-0.25, -0.2) is 4.79 Å². The van der Waals surface area contributed by atoms with Crippen molar-refractivity contribution in [2.24, 2.45) is 22.9 Å². The number of amides is 1. The lowest BCUT2D eigenvalue weighted by molar-refractivity contribution is -0.223. The van der Waals surface area contributed by atoms with Crippen molar-refractivity contribution in [1.29, 1.82) is 0 Å². The predicted molar refractivity (Wildman–Crippen MR) is 239 cm³/mol. The minimum atomic E-state index is -0.989. The summed E-state index contributed by atoms with van der Waals surface area (Å²) in [5.74, 6) is 1.38. The highest BCUT2D eigenvalue weighted by atomic mass is 32.2. The number of carbonyl (C=O) groups excluding carboxylic acids is 1. The van der Waals surface area contributed by atoms with Gasteiger partial charge in [-0.05, 0) is 87.3 Å². The summed E-state index contributed by atoms with van der Waals surface area (Å²) in [7, 11) is 0. The molecular weight excluding hydrogens is 749 g/mol. The van der Waals surface area contributed by atoms with Crippen LogP contribution in [0.4, 0.5) is 4.79 Å². The number of nitrogens with one attached hydrogen (secondary N) is 1. The molecule has 6 atom stereocenters. The summed E-state index contributed by atoms with van der Waals surface area (Å²) in [5.41, 5.74) is 3.07. The second-order valence-corrected chi connectivity index (χ2v) is 17.9. The highest BCUT2D eigenvalue weighted by molar-refractivity contribution is 8.00. The number of unbranched alkanes of at least 4 members (excludes halogenated alkanes) is 15. The van der Waals surface area contributed by atoms with Crippen LogP contribution in [0.1, 0.15) is 167 Å². The lowest BCUT2D eigenvalue weighted by Gasteiger charge is -2.58. The summed E-state index contributed by atoms with van der Waals surface area (Å²) in [4.78, 5) is 18.5. The molecule has 0 radical (unpaired) electrons. The Labute approximate surface area is 355 Å². The van der Waals surface area contributed by atoms with E-state index >= 15 is 0 Å². The van der Waals surface area contributed by atoms with Crippen LogP contribution in [0.15, 0.2) is 47.7 Å². The molecule has 58 heavy (non-hydrogen) atoms. The van der Waals surface area contributed by atoms with Gasteiger partial charge in [0.2, 0.25) is 5.79 Å². The molecule has 4 rings (SSSR count). The molecule has 3 N–H and O–H groups in total. The van der Waals surface area contributed by atoms with E-state index in [0.29, 0.717) is 31.9 Å². The molecule has 1 aromatic rings. The summed E-state index contributed by atoms with van der Waals surface area (Å²) in [6.07, 6.45) is 28.2. The van der Waals surface area contributed by atoms with Crippen LogP contribution in [0.2, 0.25) is 0 Å². The first kappa shape index (κ1) is 48.1.